The van der Waals surface area contributed by atoms with Gasteiger partial charge in [-0.25, -0.2) is 0 Å². The van der Waals surface area contributed by atoms with Crippen molar-refractivity contribution in [3.05, 3.63) is 51.4 Å². The van der Waals surface area contributed by atoms with Crippen LogP contribution in [0.3, 0.4) is 0 Å². The molecule has 0 atom stereocenters. The predicted molar refractivity (Wildman–Crippen MR) is 69.6 cm³/mol. The summed E-state index contributed by atoms with van der Waals surface area (Å²) in [6.45, 7) is 0.979. The van der Waals surface area contributed by atoms with Gasteiger partial charge in [0.25, 0.3) is 0 Å². The van der Waals surface area contributed by atoms with Crippen LogP contribution in [0.4, 0.5) is 0 Å². The second kappa shape index (κ2) is 5.91. The second-order valence-corrected chi connectivity index (χ2v) is 5.20. The van der Waals surface area contributed by atoms with E-state index in [-0.39, 0.29) is 5.78 Å². The fraction of sp³-hybridized carbons (Fsp3) is 0.167. The number of carbonyl (C=O) groups is 1. The Hall–Kier alpha value is -1.23. The molecule has 0 fully saturated rings. The van der Waals surface area contributed by atoms with Gasteiger partial charge in [-0.2, -0.15) is 0 Å². The molecule has 2 heterocycles. The van der Waals surface area contributed by atoms with E-state index < -0.39 is 0 Å². The molecule has 1 N–H and O–H groups in total. The van der Waals surface area contributed by atoms with Crippen LogP contribution in [0, 0.1) is 0 Å². The summed E-state index contributed by atoms with van der Waals surface area (Å²) >= 11 is 7.08. The molecule has 0 saturated carbocycles. The number of hydrogen-bond donors (Lipinski definition) is 1. The Morgan fingerprint density at radius 1 is 1.29 bits per heavy atom. The second-order valence-electron chi connectivity index (χ2n) is 3.49. The van der Waals surface area contributed by atoms with Gasteiger partial charge in [0.05, 0.1) is 15.8 Å². The van der Waals surface area contributed by atoms with Crippen LogP contribution in [0.15, 0.2) is 36.7 Å². The summed E-state index contributed by atoms with van der Waals surface area (Å²) in [7, 11) is 0. The van der Waals surface area contributed by atoms with Gasteiger partial charge in [-0.05, 0) is 29.8 Å². The molecule has 3 nitrogen and oxygen atoms in total. The highest BCUT2D eigenvalue weighted by atomic mass is 35.5. The first-order chi connectivity index (χ1) is 8.25. The van der Waals surface area contributed by atoms with Gasteiger partial charge in [-0.1, -0.05) is 11.6 Å². The summed E-state index contributed by atoms with van der Waals surface area (Å²) in [6.07, 6.45) is 3.47. The zero-order valence-corrected chi connectivity index (χ0v) is 10.6. The van der Waals surface area contributed by atoms with Gasteiger partial charge in [0, 0.05) is 18.9 Å². The average Bonchev–Trinajstić information content (AvgIpc) is 2.77. The predicted octanol–water partition coefficient (Wildman–Crippen LogP) is 2.77. The Morgan fingerprint density at radius 2 is 2.06 bits per heavy atom. The number of halogens is 1. The van der Waals surface area contributed by atoms with Crippen LogP contribution in [-0.2, 0) is 6.54 Å². The van der Waals surface area contributed by atoms with Crippen molar-refractivity contribution >= 4 is 28.7 Å². The number of pyridine rings is 1. The van der Waals surface area contributed by atoms with Crippen LogP contribution in [-0.4, -0.2) is 17.3 Å². The standard InChI is InChI=1S/C12H11ClN2OS/c13-12-2-1-11(17-12)10(16)8-15-7-9-3-5-14-6-4-9/h1-6,15H,7-8H2. The van der Waals surface area contributed by atoms with Crippen molar-refractivity contribution in [1.29, 1.82) is 0 Å². The molecule has 0 amide bonds. The third-order valence-electron chi connectivity index (χ3n) is 2.21. The zero-order valence-electron chi connectivity index (χ0n) is 9.02. The Labute approximate surface area is 108 Å². The zero-order chi connectivity index (χ0) is 12.1. The average molecular weight is 267 g/mol. The van der Waals surface area contributed by atoms with Crippen molar-refractivity contribution in [3.63, 3.8) is 0 Å². The molecule has 5 heteroatoms. The highest BCUT2D eigenvalue weighted by molar-refractivity contribution is 7.18. The summed E-state index contributed by atoms with van der Waals surface area (Å²) in [5.74, 6) is 0.0657. The minimum absolute atomic E-state index is 0.0657. The third kappa shape index (κ3) is 3.63. The molecule has 17 heavy (non-hydrogen) atoms. The van der Waals surface area contributed by atoms with E-state index in [1.165, 1.54) is 11.3 Å². The monoisotopic (exact) mass is 266 g/mol. The fourth-order valence-corrected chi connectivity index (χ4v) is 2.35. The number of thiophene rings is 1. The van der Waals surface area contributed by atoms with E-state index in [1.54, 1.807) is 24.5 Å². The quantitative estimate of drug-likeness (QED) is 0.846. The number of rotatable bonds is 5. The van der Waals surface area contributed by atoms with Crippen molar-refractivity contribution in [2.45, 2.75) is 6.54 Å². The highest BCUT2D eigenvalue weighted by Crippen LogP contribution is 2.21. The lowest BCUT2D eigenvalue weighted by molar-refractivity contribution is 0.0994. The number of carbonyl (C=O) groups excluding carboxylic acids is 1. The largest absolute Gasteiger partial charge is 0.306 e. The number of nitrogens with zero attached hydrogens (tertiary/aromatic N) is 1. The molecule has 2 aromatic heterocycles. The van der Waals surface area contributed by atoms with E-state index in [0.29, 0.717) is 22.3 Å². The molecule has 0 aliphatic carbocycles. The van der Waals surface area contributed by atoms with Crippen LogP contribution in [0.25, 0.3) is 0 Å². The molecular formula is C12H11ClN2OS. The molecule has 0 aliphatic rings. The van der Waals surface area contributed by atoms with Crippen molar-refractivity contribution in [3.8, 4) is 0 Å². The SMILES string of the molecule is O=C(CNCc1ccncc1)c1ccc(Cl)s1. The first-order valence-electron chi connectivity index (χ1n) is 5.14. The molecule has 0 aromatic carbocycles. The number of nitrogens with one attached hydrogen (secondary N) is 1. The first kappa shape index (κ1) is 12.2. The Kier molecular flexibility index (Phi) is 4.25. The Bertz CT molecular complexity index is 498. The summed E-state index contributed by atoms with van der Waals surface area (Å²) < 4.78 is 0.641. The van der Waals surface area contributed by atoms with Crippen molar-refractivity contribution < 1.29 is 4.79 Å². The molecule has 0 saturated heterocycles. The minimum atomic E-state index is 0.0657. The Balaban J connectivity index is 1.81. The lowest BCUT2D eigenvalue weighted by Crippen LogP contribution is -2.21. The van der Waals surface area contributed by atoms with E-state index >= 15 is 0 Å². The van der Waals surface area contributed by atoms with Crippen molar-refractivity contribution in [2.75, 3.05) is 6.54 Å². The van der Waals surface area contributed by atoms with Crippen molar-refractivity contribution in [2.24, 2.45) is 0 Å². The van der Waals surface area contributed by atoms with Gasteiger partial charge in [0.1, 0.15) is 0 Å². The number of aromatic nitrogens is 1. The normalized spacial score (nSPS) is 10.4. The van der Waals surface area contributed by atoms with Gasteiger partial charge in [-0.15, -0.1) is 11.3 Å². The molecule has 0 aliphatic heterocycles. The smallest absolute Gasteiger partial charge is 0.186 e. The minimum Gasteiger partial charge on any atom is -0.306 e. The number of Topliss-reactive ketones (excluding diaryl/α,β-unsaturated/α-hetero) is 1. The maximum absolute atomic E-state index is 11.7. The third-order valence-corrected chi connectivity index (χ3v) is 3.48. The Morgan fingerprint density at radius 3 is 2.71 bits per heavy atom. The van der Waals surface area contributed by atoms with Crippen LogP contribution in [0.1, 0.15) is 15.2 Å². The molecule has 88 valence electrons. The molecule has 0 spiro atoms. The highest BCUT2D eigenvalue weighted by Gasteiger charge is 2.07. The van der Waals surface area contributed by atoms with E-state index in [9.17, 15) is 4.79 Å². The van der Waals surface area contributed by atoms with Gasteiger partial charge in [0.2, 0.25) is 0 Å². The van der Waals surface area contributed by atoms with Crippen LogP contribution in [0.5, 0.6) is 0 Å². The summed E-state index contributed by atoms with van der Waals surface area (Å²) in [5, 5.41) is 3.10. The van der Waals surface area contributed by atoms with Gasteiger partial charge >= 0.3 is 0 Å². The van der Waals surface area contributed by atoms with Gasteiger partial charge in [-0.3, -0.25) is 9.78 Å². The van der Waals surface area contributed by atoms with Gasteiger partial charge < -0.3 is 5.32 Å². The lowest BCUT2D eigenvalue weighted by Gasteiger charge is -2.02. The fourth-order valence-electron chi connectivity index (χ4n) is 1.37. The van der Waals surface area contributed by atoms with E-state index in [2.05, 4.69) is 10.3 Å². The molecule has 0 unspecified atom stereocenters. The summed E-state index contributed by atoms with van der Waals surface area (Å²) in [6, 6.07) is 7.32. The van der Waals surface area contributed by atoms with Crippen LogP contribution < -0.4 is 5.32 Å². The first-order valence-corrected chi connectivity index (χ1v) is 6.33. The molecule has 0 radical (unpaired) electrons. The van der Waals surface area contributed by atoms with Crippen LogP contribution >= 0.6 is 22.9 Å². The van der Waals surface area contributed by atoms with E-state index in [1.807, 2.05) is 12.1 Å². The lowest BCUT2D eigenvalue weighted by atomic mass is 10.2. The summed E-state index contributed by atoms with van der Waals surface area (Å²) in [4.78, 5) is 16.3. The maximum atomic E-state index is 11.7. The molecule has 2 aromatic rings. The van der Waals surface area contributed by atoms with E-state index in [4.69, 9.17) is 11.6 Å². The molecule has 0 bridgehead atoms. The number of hydrogen-bond acceptors (Lipinski definition) is 4. The molecule has 2 rings (SSSR count). The van der Waals surface area contributed by atoms with Gasteiger partial charge in [0.15, 0.2) is 5.78 Å². The van der Waals surface area contributed by atoms with Crippen LogP contribution in [0.2, 0.25) is 4.34 Å². The maximum Gasteiger partial charge on any atom is 0.186 e. The topological polar surface area (TPSA) is 42.0 Å². The van der Waals surface area contributed by atoms with E-state index in [0.717, 1.165) is 5.56 Å². The number of ketones is 1. The summed E-state index contributed by atoms with van der Waals surface area (Å²) in [5.41, 5.74) is 1.11. The van der Waals surface area contributed by atoms with Crippen molar-refractivity contribution in [1.82, 2.24) is 10.3 Å². The molecular weight excluding hydrogens is 256 g/mol.